The maximum absolute atomic E-state index is 12.1. The molecule has 0 radical (unpaired) electrons. The Morgan fingerprint density at radius 2 is 1.95 bits per heavy atom. The first-order chi connectivity index (χ1) is 9.74. The minimum absolute atomic E-state index is 0.156. The Hall–Kier alpha value is -0.640. The molecule has 4 nitrogen and oxygen atoms in total. The fraction of sp³-hybridized carbons (Fsp3) is 0.692. The molecule has 1 heterocycles. The summed E-state index contributed by atoms with van der Waals surface area (Å²) in [4.78, 5) is 8.56. The monoisotopic (exact) mass is 417 g/mol. The largest absolute Gasteiger partial charge is 0.411 e. The van der Waals surface area contributed by atoms with E-state index in [4.69, 9.17) is 0 Å². The molecule has 1 N–H and O–H groups in total. The SMILES string of the molecule is CCCNc1nc(COCC(F)(F)F)nc(C(C)C)c1I. The van der Waals surface area contributed by atoms with Crippen LogP contribution in [0.3, 0.4) is 0 Å². The lowest BCUT2D eigenvalue weighted by Crippen LogP contribution is -2.18. The van der Waals surface area contributed by atoms with E-state index in [1.807, 2.05) is 20.8 Å². The third-order valence-electron chi connectivity index (χ3n) is 2.51. The normalized spacial score (nSPS) is 12.0. The third-order valence-corrected chi connectivity index (χ3v) is 3.57. The molecule has 0 unspecified atom stereocenters. The lowest BCUT2D eigenvalue weighted by Gasteiger charge is -2.15. The topological polar surface area (TPSA) is 47.0 Å². The van der Waals surface area contributed by atoms with E-state index in [1.54, 1.807) is 0 Å². The minimum atomic E-state index is -4.34. The second-order valence-electron chi connectivity index (χ2n) is 4.88. The number of nitrogens with zero attached hydrogens (tertiary/aromatic N) is 2. The number of aromatic nitrogens is 2. The van der Waals surface area contributed by atoms with Crippen LogP contribution in [0.4, 0.5) is 19.0 Å². The number of anilines is 1. The van der Waals surface area contributed by atoms with Crippen molar-refractivity contribution in [2.75, 3.05) is 18.5 Å². The summed E-state index contributed by atoms with van der Waals surface area (Å²) in [7, 11) is 0. The molecular weight excluding hydrogens is 398 g/mol. The first-order valence-electron chi connectivity index (χ1n) is 6.69. The van der Waals surface area contributed by atoms with Crippen LogP contribution in [-0.2, 0) is 11.3 Å². The van der Waals surface area contributed by atoms with Gasteiger partial charge in [-0.05, 0) is 34.9 Å². The Kier molecular flexibility index (Phi) is 7.11. The molecule has 21 heavy (non-hydrogen) atoms. The summed E-state index contributed by atoms with van der Waals surface area (Å²) in [5.41, 5.74) is 0.815. The van der Waals surface area contributed by atoms with Crippen molar-refractivity contribution < 1.29 is 17.9 Å². The molecular formula is C13H19F3IN3O. The predicted molar refractivity (Wildman–Crippen MR) is 83.3 cm³/mol. The first kappa shape index (κ1) is 18.4. The summed E-state index contributed by atoms with van der Waals surface area (Å²) < 4.78 is 41.8. The van der Waals surface area contributed by atoms with E-state index >= 15 is 0 Å². The van der Waals surface area contributed by atoms with Crippen molar-refractivity contribution in [3.05, 3.63) is 15.1 Å². The molecule has 1 aromatic heterocycles. The highest BCUT2D eigenvalue weighted by Crippen LogP contribution is 2.25. The van der Waals surface area contributed by atoms with E-state index in [1.165, 1.54) is 0 Å². The van der Waals surface area contributed by atoms with Gasteiger partial charge in [0.1, 0.15) is 19.0 Å². The molecule has 120 valence electrons. The summed E-state index contributed by atoms with van der Waals surface area (Å²) in [5.74, 6) is 1.08. The van der Waals surface area contributed by atoms with Gasteiger partial charge in [0, 0.05) is 6.54 Å². The van der Waals surface area contributed by atoms with E-state index in [-0.39, 0.29) is 18.3 Å². The molecule has 0 aliphatic carbocycles. The number of hydrogen-bond donors (Lipinski definition) is 1. The van der Waals surface area contributed by atoms with Crippen LogP contribution in [0.15, 0.2) is 0 Å². The first-order valence-corrected chi connectivity index (χ1v) is 7.77. The molecule has 0 aromatic carbocycles. The molecule has 0 amide bonds. The average Bonchev–Trinajstić information content (AvgIpc) is 2.37. The molecule has 0 bridgehead atoms. The van der Waals surface area contributed by atoms with Gasteiger partial charge in [0.15, 0.2) is 5.82 Å². The number of alkyl halides is 3. The van der Waals surface area contributed by atoms with Gasteiger partial charge in [-0.1, -0.05) is 20.8 Å². The maximum Gasteiger partial charge on any atom is 0.411 e. The van der Waals surface area contributed by atoms with E-state index in [0.717, 1.165) is 22.2 Å². The molecule has 0 saturated carbocycles. The van der Waals surface area contributed by atoms with Crippen LogP contribution in [-0.4, -0.2) is 29.3 Å². The molecule has 8 heteroatoms. The summed E-state index contributed by atoms with van der Waals surface area (Å²) >= 11 is 2.15. The lowest BCUT2D eigenvalue weighted by atomic mass is 10.1. The van der Waals surface area contributed by atoms with Gasteiger partial charge < -0.3 is 10.1 Å². The van der Waals surface area contributed by atoms with Gasteiger partial charge >= 0.3 is 6.18 Å². The van der Waals surface area contributed by atoms with Gasteiger partial charge in [-0.3, -0.25) is 0 Å². The van der Waals surface area contributed by atoms with E-state index in [2.05, 4.69) is 42.6 Å². The Labute approximate surface area is 136 Å². The lowest BCUT2D eigenvalue weighted by molar-refractivity contribution is -0.177. The molecule has 1 aromatic rings. The van der Waals surface area contributed by atoms with Gasteiger partial charge in [0.25, 0.3) is 0 Å². The van der Waals surface area contributed by atoms with Crippen LogP contribution >= 0.6 is 22.6 Å². The van der Waals surface area contributed by atoms with Crippen LogP contribution in [0.2, 0.25) is 0 Å². The zero-order chi connectivity index (χ0) is 16.0. The summed E-state index contributed by atoms with van der Waals surface area (Å²) in [6.07, 6.45) is -3.41. The van der Waals surface area contributed by atoms with Crippen molar-refractivity contribution >= 4 is 28.4 Å². The van der Waals surface area contributed by atoms with Gasteiger partial charge in [-0.25, -0.2) is 9.97 Å². The van der Waals surface area contributed by atoms with Crippen molar-refractivity contribution in [3.8, 4) is 0 Å². The molecule has 1 rings (SSSR count). The van der Waals surface area contributed by atoms with Crippen molar-refractivity contribution in [2.24, 2.45) is 0 Å². The minimum Gasteiger partial charge on any atom is -0.369 e. The molecule has 0 atom stereocenters. The van der Waals surface area contributed by atoms with Crippen LogP contribution < -0.4 is 5.32 Å². The van der Waals surface area contributed by atoms with Crippen LogP contribution in [0.1, 0.15) is 44.6 Å². The van der Waals surface area contributed by atoms with E-state index in [0.29, 0.717) is 5.82 Å². The van der Waals surface area contributed by atoms with Gasteiger partial charge in [-0.2, -0.15) is 13.2 Å². The van der Waals surface area contributed by atoms with Crippen LogP contribution in [0.25, 0.3) is 0 Å². The average molecular weight is 417 g/mol. The number of nitrogens with one attached hydrogen (secondary N) is 1. The highest BCUT2D eigenvalue weighted by atomic mass is 127. The fourth-order valence-electron chi connectivity index (χ4n) is 1.58. The molecule has 0 fully saturated rings. The Balaban J connectivity index is 2.90. The van der Waals surface area contributed by atoms with Gasteiger partial charge in [-0.15, -0.1) is 0 Å². The van der Waals surface area contributed by atoms with E-state index < -0.39 is 12.8 Å². The van der Waals surface area contributed by atoms with Crippen molar-refractivity contribution in [2.45, 2.75) is 45.9 Å². The summed E-state index contributed by atoms with van der Waals surface area (Å²) in [6.45, 7) is 5.18. The summed E-state index contributed by atoms with van der Waals surface area (Å²) in [5, 5.41) is 3.17. The smallest absolute Gasteiger partial charge is 0.369 e. The van der Waals surface area contributed by atoms with Crippen LogP contribution in [0, 0.1) is 3.57 Å². The van der Waals surface area contributed by atoms with Crippen molar-refractivity contribution in [1.82, 2.24) is 9.97 Å². The highest BCUT2D eigenvalue weighted by Gasteiger charge is 2.27. The van der Waals surface area contributed by atoms with Crippen molar-refractivity contribution in [1.29, 1.82) is 0 Å². The molecule has 0 aliphatic rings. The zero-order valence-electron chi connectivity index (χ0n) is 12.2. The highest BCUT2D eigenvalue weighted by molar-refractivity contribution is 14.1. The Morgan fingerprint density at radius 3 is 2.48 bits per heavy atom. The fourth-order valence-corrected chi connectivity index (χ4v) is 2.63. The molecule has 0 saturated heterocycles. The third kappa shape index (κ3) is 6.33. The maximum atomic E-state index is 12.1. The second-order valence-corrected chi connectivity index (χ2v) is 5.96. The van der Waals surface area contributed by atoms with Gasteiger partial charge in [0.05, 0.1) is 9.26 Å². The number of halogens is 4. The molecule has 0 aliphatic heterocycles. The van der Waals surface area contributed by atoms with Crippen LogP contribution in [0.5, 0.6) is 0 Å². The Morgan fingerprint density at radius 1 is 1.29 bits per heavy atom. The predicted octanol–water partition coefficient (Wildman–Crippen LogP) is 4.11. The zero-order valence-corrected chi connectivity index (χ0v) is 14.4. The molecule has 0 spiro atoms. The quantitative estimate of drug-likeness (QED) is 0.679. The van der Waals surface area contributed by atoms with E-state index in [9.17, 15) is 13.2 Å². The number of rotatable bonds is 7. The van der Waals surface area contributed by atoms with Gasteiger partial charge in [0.2, 0.25) is 0 Å². The van der Waals surface area contributed by atoms with Crippen molar-refractivity contribution in [3.63, 3.8) is 0 Å². The number of hydrogen-bond acceptors (Lipinski definition) is 4. The summed E-state index contributed by atoms with van der Waals surface area (Å²) in [6, 6.07) is 0. The number of ether oxygens (including phenoxy) is 1. The standard InChI is InChI=1S/C13H19F3IN3O/c1-4-5-18-12-10(17)11(8(2)3)19-9(20-12)6-21-7-13(14,15)16/h8H,4-7H2,1-3H3,(H,18,19,20). The Bertz CT molecular complexity index is 467. The second kappa shape index (κ2) is 8.11.